The van der Waals surface area contributed by atoms with E-state index in [-0.39, 0.29) is 24.3 Å². The molecule has 0 saturated carbocycles. The summed E-state index contributed by atoms with van der Waals surface area (Å²) in [6.45, 7) is 7.19. The summed E-state index contributed by atoms with van der Waals surface area (Å²) in [6, 6.07) is 11.0. The predicted molar refractivity (Wildman–Crippen MR) is 141 cm³/mol. The number of hydrogen-bond acceptors (Lipinski definition) is 4. The minimum absolute atomic E-state index is 0.0520. The molecule has 9 heteroatoms. The van der Waals surface area contributed by atoms with Crippen molar-refractivity contribution in [2.24, 2.45) is 0 Å². The molecule has 3 amide bonds. The van der Waals surface area contributed by atoms with Gasteiger partial charge in [0.25, 0.3) is 11.8 Å². The zero-order chi connectivity index (χ0) is 25.4. The molecule has 0 radical (unpaired) electrons. The maximum absolute atomic E-state index is 12.7. The number of nitrogens with zero attached hydrogens (tertiary/aromatic N) is 2. The minimum atomic E-state index is -0.355. The van der Waals surface area contributed by atoms with E-state index in [9.17, 15) is 14.4 Å². The number of carbonyl (C=O) groups excluding carboxylic acids is 3. The molecule has 36 heavy (non-hydrogen) atoms. The van der Waals surface area contributed by atoms with E-state index >= 15 is 0 Å². The van der Waals surface area contributed by atoms with Gasteiger partial charge in [0.1, 0.15) is 0 Å². The Morgan fingerprint density at radius 3 is 2.58 bits per heavy atom. The number of piperidine rings is 1. The fraction of sp³-hybridized carbons (Fsp3) is 0.370. The third-order valence-corrected chi connectivity index (χ3v) is 8.24. The monoisotopic (exact) mass is 526 g/mol. The first-order chi connectivity index (χ1) is 17.3. The molecule has 3 heterocycles. The molecule has 5 rings (SSSR count). The van der Waals surface area contributed by atoms with Crippen molar-refractivity contribution in [2.75, 3.05) is 38.0 Å². The lowest BCUT2D eigenvalue weighted by Gasteiger charge is -2.36. The van der Waals surface area contributed by atoms with Crippen molar-refractivity contribution in [2.45, 2.75) is 31.2 Å². The molecule has 2 fully saturated rings. The van der Waals surface area contributed by atoms with Gasteiger partial charge in [-0.3, -0.25) is 19.3 Å². The van der Waals surface area contributed by atoms with E-state index in [1.54, 1.807) is 12.1 Å². The van der Waals surface area contributed by atoms with Crippen LogP contribution in [0.5, 0.6) is 0 Å². The van der Waals surface area contributed by atoms with E-state index in [0.717, 1.165) is 43.6 Å². The summed E-state index contributed by atoms with van der Waals surface area (Å²) in [6.07, 6.45) is 2.93. The summed E-state index contributed by atoms with van der Waals surface area (Å²) in [5, 5.41) is 6.27. The molecule has 0 bridgehead atoms. The van der Waals surface area contributed by atoms with Gasteiger partial charge in [0, 0.05) is 41.5 Å². The Bertz CT molecular complexity index is 1240. The van der Waals surface area contributed by atoms with Gasteiger partial charge in [-0.25, -0.2) is 0 Å². The number of hydrogen-bond donors (Lipinski definition) is 2. The van der Waals surface area contributed by atoms with Gasteiger partial charge in [0.15, 0.2) is 0 Å². The maximum atomic E-state index is 12.7. The second-order valence-corrected chi connectivity index (χ2v) is 10.4. The van der Waals surface area contributed by atoms with Crippen LogP contribution in [0.15, 0.2) is 43.0 Å². The third kappa shape index (κ3) is 4.88. The van der Waals surface area contributed by atoms with E-state index in [4.69, 9.17) is 23.2 Å². The van der Waals surface area contributed by atoms with Crippen LogP contribution in [-0.4, -0.2) is 66.3 Å². The van der Waals surface area contributed by atoms with Gasteiger partial charge in [-0.1, -0.05) is 41.9 Å². The quantitative estimate of drug-likeness (QED) is 0.573. The van der Waals surface area contributed by atoms with Crippen LogP contribution >= 0.6 is 23.2 Å². The number of rotatable bonds is 5. The van der Waals surface area contributed by atoms with Gasteiger partial charge < -0.3 is 15.5 Å². The molecule has 3 aliphatic heterocycles. The third-order valence-electron chi connectivity index (χ3n) is 7.50. The summed E-state index contributed by atoms with van der Waals surface area (Å²) >= 11 is 11.9. The van der Waals surface area contributed by atoms with Crippen molar-refractivity contribution in [3.63, 3.8) is 0 Å². The van der Waals surface area contributed by atoms with Crippen LogP contribution in [-0.2, 0) is 9.59 Å². The number of amides is 3. The SMILES string of the molecule is C=C1C(=O)Nc2cccc(C3CCN(C4CCN(C(=O)CNC(=O)c5ccc(Cl)c(Cl)c5)C4)CC3)c21. The zero-order valence-corrected chi connectivity index (χ0v) is 21.4. The summed E-state index contributed by atoms with van der Waals surface area (Å²) in [5.41, 5.74) is 3.96. The van der Waals surface area contributed by atoms with E-state index < -0.39 is 0 Å². The Morgan fingerprint density at radius 1 is 1.06 bits per heavy atom. The smallest absolute Gasteiger partial charge is 0.255 e. The summed E-state index contributed by atoms with van der Waals surface area (Å²) in [7, 11) is 0. The molecule has 3 aliphatic rings. The largest absolute Gasteiger partial charge is 0.343 e. The van der Waals surface area contributed by atoms with Crippen LogP contribution in [0.25, 0.3) is 5.57 Å². The number of carbonyl (C=O) groups is 3. The van der Waals surface area contributed by atoms with Gasteiger partial charge in [0.05, 0.1) is 16.6 Å². The molecular weight excluding hydrogens is 499 g/mol. The summed E-state index contributed by atoms with van der Waals surface area (Å²) in [5.74, 6) is -0.168. The van der Waals surface area contributed by atoms with Crippen LogP contribution in [0.2, 0.25) is 10.0 Å². The second kappa shape index (κ2) is 10.2. The van der Waals surface area contributed by atoms with E-state index in [1.807, 2.05) is 17.0 Å². The summed E-state index contributed by atoms with van der Waals surface area (Å²) in [4.78, 5) is 41.5. The highest BCUT2D eigenvalue weighted by atomic mass is 35.5. The van der Waals surface area contributed by atoms with Gasteiger partial charge in [-0.05, 0) is 68.1 Å². The lowest BCUT2D eigenvalue weighted by Crippen LogP contribution is -2.44. The Labute approximate surface area is 220 Å². The zero-order valence-electron chi connectivity index (χ0n) is 19.9. The number of halogens is 2. The Balaban J connectivity index is 1.12. The fourth-order valence-corrected chi connectivity index (χ4v) is 5.81. The lowest BCUT2D eigenvalue weighted by molar-refractivity contribution is -0.129. The van der Waals surface area contributed by atoms with Gasteiger partial charge in [0.2, 0.25) is 5.91 Å². The number of nitrogens with one attached hydrogen (secondary N) is 2. The van der Waals surface area contributed by atoms with Crippen molar-refractivity contribution in [1.29, 1.82) is 0 Å². The first-order valence-electron chi connectivity index (χ1n) is 12.2. The number of benzene rings is 2. The van der Waals surface area contributed by atoms with E-state index in [0.29, 0.717) is 46.2 Å². The highest BCUT2D eigenvalue weighted by molar-refractivity contribution is 6.42. The summed E-state index contributed by atoms with van der Waals surface area (Å²) < 4.78 is 0. The first-order valence-corrected chi connectivity index (χ1v) is 13.0. The standard InChI is InChI=1S/C27H28Cl2N4O3/c1-16-25-20(3-2-4-23(25)31-26(16)35)17-7-10-32(11-8-17)19-9-12-33(15-19)24(34)14-30-27(36)18-5-6-21(28)22(29)13-18/h2-6,13,17,19H,1,7-12,14-15H2,(H,30,36)(H,31,35). The molecule has 0 spiro atoms. The fourth-order valence-electron chi connectivity index (χ4n) is 5.51. The Morgan fingerprint density at radius 2 is 1.83 bits per heavy atom. The van der Waals surface area contributed by atoms with Crippen LogP contribution < -0.4 is 10.6 Å². The van der Waals surface area contributed by atoms with Crippen molar-refractivity contribution in [1.82, 2.24) is 15.1 Å². The van der Waals surface area contributed by atoms with Crippen molar-refractivity contribution >= 4 is 52.2 Å². The lowest BCUT2D eigenvalue weighted by atomic mass is 9.84. The maximum Gasteiger partial charge on any atom is 0.255 e. The number of fused-ring (bicyclic) bond motifs is 1. The molecule has 2 N–H and O–H groups in total. The highest BCUT2D eigenvalue weighted by Crippen LogP contribution is 2.40. The minimum Gasteiger partial charge on any atom is -0.343 e. The van der Waals surface area contributed by atoms with Crippen LogP contribution in [0.4, 0.5) is 5.69 Å². The Hall–Kier alpha value is -2.87. The molecule has 1 atom stereocenters. The number of anilines is 1. The molecule has 7 nitrogen and oxygen atoms in total. The van der Waals surface area contributed by atoms with Crippen molar-refractivity contribution in [3.8, 4) is 0 Å². The van der Waals surface area contributed by atoms with Crippen LogP contribution in [0, 0.1) is 0 Å². The highest BCUT2D eigenvalue weighted by Gasteiger charge is 2.34. The van der Waals surface area contributed by atoms with Crippen molar-refractivity contribution in [3.05, 3.63) is 69.7 Å². The molecule has 0 aliphatic carbocycles. The van der Waals surface area contributed by atoms with Gasteiger partial charge >= 0.3 is 0 Å². The van der Waals surface area contributed by atoms with E-state index in [2.05, 4.69) is 28.2 Å². The molecule has 188 valence electrons. The first kappa shape index (κ1) is 24.8. The molecule has 0 aromatic heterocycles. The van der Waals surface area contributed by atoms with Crippen LogP contribution in [0.1, 0.15) is 46.7 Å². The second-order valence-electron chi connectivity index (χ2n) is 9.61. The molecule has 2 saturated heterocycles. The average molecular weight is 527 g/mol. The van der Waals surface area contributed by atoms with Gasteiger partial charge in [-0.2, -0.15) is 0 Å². The normalized spacial score (nSPS) is 20.4. The Kier molecular flexibility index (Phi) is 7.06. The predicted octanol–water partition coefficient (Wildman–Crippen LogP) is 4.17. The molecule has 2 aromatic carbocycles. The molecule has 2 aromatic rings. The average Bonchev–Trinajstić information content (AvgIpc) is 3.49. The molecular formula is C27H28Cl2N4O3. The van der Waals surface area contributed by atoms with E-state index in [1.165, 1.54) is 11.6 Å². The number of likely N-dealkylation sites (tertiary alicyclic amines) is 2. The van der Waals surface area contributed by atoms with Crippen molar-refractivity contribution < 1.29 is 14.4 Å². The van der Waals surface area contributed by atoms with Gasteiger partial charge in [-0.15, -0.1) is 0 Å². The molecule has 1 unspecified atom stereocenters. The van der Waals surface area contributed by atoms with Crippen LogP contribution in [0.3, 0.4) is 0 Å². The topological polar surface area (TPSA) is 81.8 Å².